The number of amides is 1. The normalized spacial score (nSPS) is 27.5. The zero-order valence-electron chi connectivity index (χ0n) is 11.2. The van der Waals surface area contributed by atoms with Crippen LogP contribution in [0.3, 0.4) is 0 Å². The van der Waals surface area contributed by atoms with Crippen LogP contribution in [0, 0.1) is 17.8 Å². The molecular formula is C15H18N2O3. The second-order valence-electron chi connectivity index (χ2n) is 5.74. The van der Waals surface area contributed by atoms with Crippen LogP contribution < -0.4 is 5.32 Å². The molecule has 1 amide bonds. The van der Waals surface area contributed by atoms with Gasteiger partial charge < -0.3 is 10.4 Å². The van der Waals surface area contributed by atoms with E-state index in [2.05, 4.69) is 10.3 Å². The van der Waals surface area contributed by atoms with Crippen molar-refractivity contribution in [2.75, 3.05) is 5.32 Å². The first-order valence-electron chi connectivity index (χ1n) is 7.13. The molecule has 0 bridgehead atoms. The molecule has 2 N–H and O–H groups in total. The lowest BCUT2D eigenvalue weighted by atomic mass is 10.0. The molecule has 0 spiro atoms. The van der Waals surface area contributed by atoms with E-state index in [0.717, 1.165) is 0 Å². The number of hydrogen-bond donors (Lipinski definition) is 2. The third-order valence-corrected chi connectivity index (χ3v) is 4.38. The molecule has 3 rings (SSSR count). The van der Waals surface area contributed by atoms with Crippen LogP contribution in [0.25, 0.3) is 0 Å². The Morgan fingerprint density at radius 2 is 1.95 bits per heavy atom. The zero-order chi connectivity index (χ0) is 14.1. The molecule has 1 heterocycles. The van der Waals surface area contributed by atoms with Crippen molar-refractivity contribution in [3.8, 4) is 0 Å². The Hall–Kier alpha value is -1.91. The van der Waals surface area contributed by atoms with Crippen LogP contribution in [-0.2, 0) is 16.0 Å². The van der Waals surface area contributed by atoms with Crippen LogP contribution in [0.1, 0.15) is 31.4 Å². The molecule has 2 saturated carbocycles. The first-order valence-corrected chi connectivity index (χ1v) is 7.13. The maximum absolute atomic E-state index is 12.2. The molecule has 1 aromatic rings. The molecule has 106 valence electrons. The van der Waals surface area contributed by atoms with Gasteiger partial charge in [-0.15, -0.1) is 0 Å². The average Bonchev–Trinajstić information content (AvgIpc) is 3.15. The summed E-state index contributed by atoms with van der Waals surface area (Å²) in [6.45, 7) is 0. The molecule has 2 fully saturated rings. The van der Waals surface area contributed by atoms with Crippen LogP contribution in [-0.4, -0.2) is 22.0 Å². The highest BCUT2D eigenvalue weighted by Gasteiger charge is 2.54. The molecule has 5 heteroatoms. The van der Waals surface area contributed by atoms with E-state index >= 15 is 0 Å². The monoisotopic (exact) mass is 274 g/mol. The van der Waals surface area contributed by atoms with E-state index in [-0.39, 0.29) is 18.2 Å². The quantitative estimate of drug-likeness (QED) is 0.881. The van der Waals surface area contributed by atoms with Crippen molar-refractivity contribution in [2.24, 2.45) is 17.8 Å². The van der Waals surface area contributed by atoms with Crippen molar-refractivity contribution in [1.29, 1.82) is 0 Å². The highest BCUT2D eigenvalue weighted by molar-refractivity contribution is 5.94. The second-order valence-corrected chi connectivity index (χ2v) is 5.74. The molecule has 0 radical (unpaired) electrons. The van der Waals surface area contributed by atoms with Crippen molar-refractivity contribution in [2.45, 2.75) is 32.1 Å². The summed E-state index contributed by atoms with van der Waals surface area (Å²) in [7, 11) is 0. The predicted octanol–water partition coefficient (Wildman–Crippen LogP) is 2.08. The lowest BCUT2D eigenvalue weighted by molar-refractivity contribution is -0.136. The number of hydrogen-bond acceptors (Lipinski definition) is 3. The molecule has 2 aliphatic rings. The Kier molecular flexibility index (Phi) is 3.42. The first-order chi connectivity index (χ1) is 9.65. The summed E-state index contributed by atoms with van der Waals surface area (Å²) in [6, 6.07) is 3.36. The number of carbonyl (C=O) groups excluding carboxylic acids is 1. The lowest BCUT2D eigenvalue weighted by Crippen LogP contribution is -2.15. The van der Waals surface area contributed by atoms with E-state index in [1.807, 2.05) is 0 Å². The van der Waals surface area contributed by atoms with E-state index < -0.39 is 5.97 Å². The van der Waals surface area contributed by atoms with Gasteiger partial charge in [-0.05, 0) is 36.8 Å². The number of anilines is 1. The van der Waals surface area contributed by atoms with Crippen molar-refractivity contribution in [3.05, 3.63) is 24.0 Å². The van der Waals surface area contributed by atoms with Crippen LogP contribution in [0.4, 0.5) is 5.69 Å². The maximum Gasteiger partial charge on any atom is 0.309 e. The number of pyridine rings is 1. The highest BCUT2D eigenvalue weighted by Crippen LogP contribution is 2.55. The summed E-state index contributed by atoms with van der Waals surface area (Å²) in [5.41, 5.74) is 1.14. The minimum atomic E-state index is -0.906. The summed E-state index contributed by atoms with van der Waals surface area (Å²) in [5.74, 6) is 0.535. The summed E-state index contributed by atoms with van der Waals surface area (Å²) < 4.78 is 0. The van der Waals surface area contributed by atoms with Crippen molar-refractivity contribution >= 4 is 17.6 Å². The maximum atomic E-state index is 12.2. The second kappa shape index (κ2) is 5.23. The Balaban J connectivity index is 1.58. The van der Waals surface area contributed by atoms with E-state index in [0.29, 0.717) is 23.2 Å². The van der Waals surface area contributed by atoms with Crippen LogP contribution in [0.15, 0.2) is 18.3 Å². The fraction of sp³-hybridized carbons (Fsp3) is 0.533. The SMILES string of the molecule is O=C(O)Cc1ccc(NC(=O)C2C3CCCCC32)cn1. The fourth-order valence-corrected chi connectivity index (χ4v) is 3.36. The summed E-state index contributed by atoms with van der Waals surface area (Å²) in [4.78, 5) is 26.8. The number of nitrogens with zero attached hydrogens (tertiary/aromatic N) is 1. The van der Waals surface area contributed by atoms with Crippen molar-refractivity contribution in [1.82, 2.24) is 4.98 Å². The third-order valence-electron chi connectivity index (χ3n) is 4.38. The van der Waals surface area contributed by atoms with Crippen molar-refractivity contribution in [3.63, 3.8) is 0 Å². The number of carboxylic acids is 1. The minimum absolute atomic E-state index is 0.0923. The van der Waals surface area contributed by atoms with Gasteiger partial charge in [0, 0.05) is 5.92 Å². The minimum Gasteiger partial charge on any atom is -0.481 e. The number of aromatic nitrogens is 1. The molecule has 2 aliphatic carbocycles. The molecule has 0 aliphatic heterocycles. The topological polar surface area (TPSA) is 79.3 Å². The van der Waals surface area contributed by atoms with Gasteiger partial charge >= 0.3 is 5.97 Å². The van der Waals surface area contributed by atoms with Crippen LogP contribution in [0.2, 0.25) is 0 Å². The number of aliphatic carboxylic acids is 1. The average molecular weight is 274 g/mol. The largest absolute Gasteiger partial charge is 0.481 e. The van der Waals surface area contributed by atoms with Crippen LogP contribution >= 0.6 is 0 Å². The van der Waals surface area contributed by atoms with Crippen molar-refractivity contribution < 1.29 is 14.7 Å². The van der Waals surface area contributed by atoms with Gasteiger partial charge in [-0.2, -0.15) is 0 Å². The molecule has 2 unspecified atom stereocenters. The molecule has 0 aromatic carbocycles. The van der Waals surface area contributed by atoms with Gasteiger partial charge in [-0.1, -0.05) is 12.8 Å². The van der Waals surface area contributed by atoms with E-state index in [1.54, 1.807) is 12.1 Å². The highest BCUT2D eigenvalue weighted by atomic mass is 16.4. The smallest absolute Gasteiger partial charge is 0.309 e. The number of carboxylic acid groups (broad SMARTS) is 1. The zero-order valence-corrected chi connectivity index (χ0v) is 11.2. The fourth-order valence-electron chi connectivity index (χ4n) is 3.36. The van der Waals surface area contributed by atoms with Gasteiger partial charge in [-0.25, -0.2) is 0 Å². The molecule has 1 aromatic heterocycles. The molecule has 2 atom stereocenters. The lowest BCUT2D eigenvalue weighted by Gasteiger charge is -2.05. The molecule has 0 saturated heterocycles. The summed E-state index contributed by atoms with van der Waals surface area (Å²) >= 11 is 0. The first kappa shape index (κ1) is 13.1. The van der Waals surface area contributed by atoms with Gasteiger partial charge in [-0.3, -0.25) is 14.6 Å². The van der Waals surface area contributed by atoms with E-state index in [4.69, 9.17) is 5.11 Å². The van der Waals surface area contributed by atoms with Gasteiger partial charge in [0.2, 0.25) is 5.91 Å². The number of nitrogens with one attached hydrogen (secondary N) is 1. The third kappa shape index (κ3) is 2.66. The van der Waals surface area contributed by atoms with Gasteiger partial charge in [0.05, 0.1) is 24.0 Å². The Bertz CT molecular complexity index is 514. The Morgan fingerprint density at radius 1 is 1.25 bits per heavy atom. The van der Waals surface area contributed by atoms with Crippen LogP contribution in [0.5, 0.6) is 0 Å². The van der Waals surface area contributed by atoms with Gasteiger partial charge in [0.15, 0.2) is 0 Å². The van der Waals surface area contributed by atoms with E-state index in [1.165, 1.54) is 31.9 Å². The Labute approximate surface area is 117 Å². The van der Waals surface area contributed by atoms with Gasteiger partial charge in [0.1, 0.15) is 0 Å². The summed E-state index contributed by atoms with van der Waals surface area (Å²) in [6.07, 6.45) is 6.28. The van der Waals surface area contributed by atoms with E-state index in [9.17, 15) is 9.59 Å². The number of carbonyl (C=O) groups is 2. The predicted molar refractivity (Wildman–Crippen MR) is 73.1 cm³/mol. The van der Waals surface area contributed by atoms with Gasteiger partial charge in [0.25, 0.3) is 0 Å². The Morgan fingerprint density at radius 3 is 2.50 bits per heavy atom. The number of fused-ring (bicyclic) bond motifs is 1. The standard InChI is InChI=1S/C15H18N2O3/c18-13(19)7-9-5-6-10(8-16-9)17-15(20)14-11-3-1-2-4-12(11)14/h5-6,8,11-12,14H,1-4,7H2,(H,17,20)(H,18,19). The number of rotatable bonds is 4. The molecular weight excluding hydrogens is 256 g/mol. The summed E-state index contributed by atoms with van der Waals surface area (Å²) in [5, 5.41) is 11.6. The molecule has 20 heavy (non-hydrogen) atoms. The molecule has 5 nitrogen and oxygen atoms in total.